The largest absolute Gasteiger partial charge is 0.352 e. The first kappa shape index (κ1) is 13.1. The Balaban J connectivity index is 2.19. The van der Waals surface area contributed by atoms with E-state index >= 15 is 0 Å². The number of hydrogen-bond donors (Lipinski definition) is 1. The Morgan fingerprint density at radius 3 is 2.72 bits per heavy atom. The molecular weight excluding hydrogens is 242 g/mol. The molecule has 96 valence electrons. The van der Waals surface area contributed by atoms with Crippen molar-refractivity contribution in [2.24, 2.45) is 5.73 Å². The van der Waals surface area contributed by atoms with E-state index in [-0.39, 0.29) is 0 Å². The first-order valence-corrected chi connectivity index (χ1v) is 7.06. The molecule has 0 unspecified atom stereocenters. The number of anilines is 1. The van der Waals surface area contributed by atoms with Crippen LogP contribution in [0.15, 0.2) is 29.6 Å². The van der Waals surface area contributed by atoms with Gasteiger partial charge in [-0.25, -0.2) is 4.98 Å². The van der Waals surface area contributed by atoms with E-state index in [9.17, 15) is 0 Å². The molecule has 0 amide bonds. The van der Waals surface area contributed by atoms with Gasteiger partial charge in [-0.05, 0) is 36.9 Å². The van der Waals surface area contributed by atoms with Gasteiger partial charge in [-0.15, -0.1) is 11.3 Å². The number of pyridine rings is 1. The van der Waals surface area contributed by atoms with Crippen LogP contribution < -0.4 is 10.6 Å². The summed E-state index contributed by atoms with van der Waals surface area (Å²) in [6.45, 7) is 6.59. The van der Waals surface area contributed by atoms with Gasteiger partial charge in [0.05, 0.1) is 6.54 Å². The zero-order chi connectivity index (χ0) is 13.0. The van der Waals surface area contributed by atoms with Crippen molar-refractivity contribution >= 4 is 17.2 Å². The monoisotopic (exact) mass is 261 g/mol. The van der Waals surface area contributed by atoms with E-state index in [4.69, 9.17) is 5.73 Å². The summed E-state index contributed by atoms with van der Waals surface area (Å²) in [5.41, 5.74) is 7.81. The number of nitrogens with zero attached hydrogens (tertiary/aromatic N) is 2. The molecule has 2 aromatic rings. The van der Waals surface area contributed by atoms with Crippen molar-refractivity contribution in [1.29, 1.82) is 0 Å². The summed E-state index contributed by atoms with van der Waals surface area (Å²) in [5, 5.41) is 2.11. The van der Waals surface area contributed by atoms with E-state index in [1.807, 2.05) is 6.92 Å². The highest BCUT2D eigenvalue weighted by Gasteiger charge is 2.09. The van der Waals surface area contributed by atoms with Crippen LogP contribution in [0.2, 0.25) is 0 Å². The fourth-order valence-electron chi connectivity index (χ4n) is 1.91. The maximum Gasteiger partial charge on any atom is 0.129 e. The fourth-order valence-corrected chi connectivity index (χ4v) is 2.63. The van der Waals surface area contributed by atoms with Crippen molar-refractivity contribution in [2.75, 3.05) is 11.4 Å². The van der Waals surface area contributed by atoms with Crippen LogP contribution in [0.4, 0.5) is 5.82 Å². The summed E-state index contributed by atoms with van der Waals surface area (Å²) in [4.78, 5) is 8.28. The summed E-state index contributed by atoms with van der Waals surface area (Å²) in [6.07, 6.45) is 0. The van der Waals surface area contributed by atoms with Crippen molar-refractivity contribution in [2.45, 2.75) is 26.9 Å². The molecule has 0 aliphatic carbocycles. The molecule has 2 aromatic heterocycles. The topological polar surface area (TPSA) is 42.1 Å². The minimum absolute atomic E-state index is 0.552. The highest BCUT2D eigenvalue weighted by molar-refractivity contribution is 7.09. The van der Waals surface area contributed by atoms with Gasteiger partial charge in [0.2, 0.25) is 0 Å². The minimum atomic E-state index is 0.552. The molecule has 0 fully saturated rings. The van der Waals surface area contributed by atoms with Gasteiger partial charge >= 0.3 is 0 Å². The van der Waals surface area contributed by atoms with E-state index in [1.54, 1.807) is 11.3 Å². The standard InChI is InChI=1S/C14H19N3S/c1-3-17(10-13-5-4-8-18-13)14-7-6-12(9-15)11(2)16-14/h4-8H,3,9-10,15H2,1-2H3. The van der Waals surface area contributed by atoms with E-state index in [0.717, 1.165) is 30.2 Å². The Labute approximate surface area is 112 Å². The normalized spacial score (nSPS) is 10.6. The van der Waals surface area contributed by atoms with Crippen molar-refractivity contribution in [1.82, 2.24) is 4.98 Å². The Kier molecular flexibility index (Phi) is 4.33. The number of hydrogen-bond acceptors (Lipinski definition) is 4. The summed E-state index contributed by atoms with van der Waals surface area (Å²) >= 11 is 1.78. The van der Waals surface area contributed by atoms with E-state index < -0.39 is 0 Å². The van der Waals surface area contributed by atoms with Crippen LogP contribution in [0.5, 0.6) is 0 Å². The predicted molar refractivity (Wildman–Crippen MR) is 77.9 cm³/mol. The maximum absolute atomic E-state index is 5.67. The van der Waals surface area contributed by atoms with E-state index in [1.165, 1.54) is 4.88 Å². The Morgan fingerprint density at radius 1 is 1.33 bits per heavy atom. The molecule has 2 heterocycles. The molecule has 0 aliphatic rings. The Morgan fingerprint density at radius 2 is 2.17 bits per heavy atom. The van der Waals surface area contributed by atoms with Gasteiger partial charge in [0.1, 0.15) is 5.82 Å². The summed E-state index contributed by atoms with van der Waals surface area (Å²) in [7, 11) is 0. The summed E-state index contributed by atoms with van der Waals surface area (Å²) in [5.74, 6) is 1.03. The van der Waals surface area contributed by atoms with Crippen LogP contribution in [-0.2, 0) is 13.1 Å². The highest BCUT2D eigenvalue weighted by Crippen LogP contribution is 2.19. The zero-order valence-corrected chi connectivity index (χ0v) is 11.7. The first-order valence-electron chi connectivity index (χ1n) is 6.18. The molecule has 18 heavy (non-hydrogen) atoms. The van der Waals surface area contributed by atoms with Crippen LogP contribution in [0.1, 0.15) is 23.1 Å². The van der Waals surface area contributed by atoms with Gasteiger partial charge in [-0.3, -0.25) is 0 Å². The Hall–Kier alpha value is -1.39. The molecule has 0 spiro atoms. The van der Waals surface area contributed by atoms with Crippen LogP contribution >= 0.6 is 11.3 Å². The lowest BCUT2D eigenvalue weighted by molar-refractivity contribution is 0.816. The molecule has 0 saturated heterocycles. The lowest BCUT2D eigenvalue weighted by atomic mass is 10.2. The molecule has 2 rings (SSSR count). The smallest absolute Gasteiger partial charge is 0.129 e. The third-order valence-corrected chi connectivity index (χ3v) is 3.89. The van der Waals surface area contributed by atoms with Crippen molar-refractivity contribution < 1.29 is 0 Å². The number of aryl methyl sites for hydroxylation is 1. The van der Waals surface area contributed by atoms with Gasteiger partial charge in [-0.1, -0.05) is 12.1 Å². The molecular formula is C14H19N3S. The SMILES string of the molecule is CCN(Cc1cccs1)c1ccc(CN)c(C)n1. The van der Waals surface area contributed by atoms with Gasteiger partial charge in [0.15, 0.2) is 0 Å². The van der Waals surface area contributed by atoms with Crippen molar-refractivity contribution in [3.63, 3.8) is 0 Å². The van der Waals surface area contributed by atoms with Gasteiger partial charge in [-0.2, -0.15) is 0 Å². The molecule has 0 aliphatic heterocycles. The average Bonchev–Trinajstić information content (AvgIpc) is 2.88. The number of nitrogens with two attached hydrogens (primary N) is 1. The second-order valence-electron chi connectivity index (χ2n) is 4.21. The summed E-state index contributed by atoms with van der Waals surface area (Å²) in [6, 6.07) is 8.39. The van der Waals surface area contributed by atoms with Gasteiger partial charge in [0.25, 0.3) is 0 Å². The molecule has 0 bridgehead atoms. The average molecular weight is 261 g/mol. The molecule has 0 aromatic carbocycles. The van der Waals surface area contributed by atoms with E-state index in [0.29, 0.717) is 6.54 Å². The Bertz CT molecular complexity index is 494. The minimum Gasteiger partial charge on any atom is -0.352 e. The number of aromatic nitrogens is 1. The third kappa shape index (κ3) is 2.89. The second kappa shape index (κ2) is 5.98. The molecule has 0 atom stereocenters. The molecule has 3 nitrogen and oxygen atoms in total. The highest BCUT2D eigenvalue weighted by atomic mass is 32.1. The lowest BCUT2D eigenvalue weighted by Crippen LogP contribution is -2.23. The molecule has 0 saturated carbocycles. The second-order valence-corrected chi connectivity index (χ2v) is 5.24. The third-order valence-electron chi connectivity index (χ3n) is 3.03. The fraction of sp³-hybridized carbons (Fsp3) is 0.357. The van der Waals surface area contributed by atoms with E-state index in [2.05, 4.69) is 46.5 Å². The molecule has 0 radical (unpaired) electrons. The predicted octanol–water partition coefficient (Wildman–Crippen LogP) is 2.94. The number of rotatable bonds is 5. The lowest BCUT2D eigenvalue weighted by Gasteiger charge is -2.22. The van der Waals surface area contributed by atoms with Crippen LogP contribution in [0, 0.1) is 6.92 Å². The van der Waals surface area contributed by atoms with Gasteiger partial charge < -0.3 is 10.6 Å². The zero-order valence-electron chi connectivity index (χ0n) is 10.9. The van der Waals surface area contributed by atoms with Gasteiger partial charge in [0, 0.05) is 23.7 Å². The van der Waals surface area contributed by atoms with Crippen LogP contribution in [0.25, 0.3) is 0 Å². The first-order chi connectivity index (χ1) is 8.74. The summed E-state index contributed by atoms with van der Waals surface area (Å²) < 4.78 is 0. The quantitative estimate of drug-likeness (QED) is 0.900. The number of thiophene rings is 1. The maximum atomic E-state index is 5.67. The molecule has 2 N–H and O–H groups in total. The van der Waals surface area contributed by atoms with Crippen molar-refractivity contribution in [3.05, 3.63) is 45.8 Å². The molecule has 4 heteroatoms. The van der Waals surface area contributed by atoms with Crippen LogP contribution in [-0.4, -0.2) is 11.5 Å². The van der Waals surface area contributed by atoms with Crippen LogP contribution in [0.3, 0.4) is 0 Å². The van der Waals surface area contributed by atoms with Crippen molar-refractivity contribution in [3.8, 4) is 0 Å².